The molecule has 0 aromatic heterocycles. The first kappa shape index (κ1) is 13.4. The van der Waals surface area contributed by atoms with Crippen LogP contribution in [0.2, 0.25) is 5.02 Å². The Morgan fingerprint density at radius 1 is 1.17 bits per heavy atom. The molecule has 0 saturated heterocycles. The molecular formula is C14H13BrClNO. The number of hydrogen-bond acceptors (Lipinski definition) is 2. The van der Waals surface area contributed by atoms with Gasteiger partial charge in [-0.15, -0.1) is 0 Å². The van der Waals surface area contributed by atoms with Crippen molar-refractivity contribution in [2.45, 2.75) is 6.54 Å². The lowest BCUT2D eigenvalue weighted by Crippen LogP contribution is -2.06. The topological polar surface area (TPSA) is 21.3 Å². The van der Waals surface area contributed by atoms with E-state index in [1.165, 1.54) is 0 Å². The van der Waals surface area contributed by atoms with Crippen LogP contribution < -0.4 is 10.1 Å². The van der Waals surface area contributed by atoms with Crippen molar-refractivity contribution < 1.29 is 4.74 Å². The highest BCUT2D eigenvalue weighted by molar-refractivity contribution is 9.10. The van der Waals surface area contributed by atoms with Crippen molar-refractivity contribution in [1.82, 2.24) is 5.32 Å². The van der Waals surface area contributed by atoms with Crippen LogP contribution in [-0.2, 0) is 6.54 Å². The summed E-state index contributed by atoms with van der Waals surface area (Å²) in [6, 6.07) is 13.4. The predicted molar refractivity (Wildman–Crippen MR) is 78.4 cm³/mol. The van der Waals surface area contributed by atoms with Gasteiger partial charge in [-0.2, -0.15) is 0 Å². The average Bonchev–Trinajstić information content (AvgIpc) is 2.36. The molecule has 0 radical (unpaired) electrons. The Bertz CT molecular complexity index is 528. The number of ether oxygens (including phenoxy) is 1. The van der Waals surface area contributed by atoms with E-state index >= 15 is 0 Å². The molecule has 0 unspecified atom stereocenters. The van der Waals surface area contributed by atoms with Gasteiger partial charge in [0.05, 0.1) is 5.02 Å². The molecule has 2 nitrogen and oxygen atoms in total. The minimum absolute atomic E-state index is 0.616. The quantitative estimate of drug-likeness (QED) is 0.885. The molecular weight excluding hydrogens is 314 g/mol. The number of hydrogen-bond donors (Lipinski definition) is 1. The Kier molecular flexibility index (Phi) is 4.64. The highest BCUT2D eigenvalue weighted by Crippen LogP contribution is 2.33. The van der Waals surface area contributed by atoms with Gasteiger partial charge in [0.25, 0.3) is 0 Å². The van der Waals surface area contributed by atoms with Gasteiger partial charge in [0, 0.05) is 16.6 Å². The molecule has 0 fully saturated rings. The fourth-order valence-electron chi connectivity index (χ4n) is 1.62. The number of benzene rings is 2. The molecule has 0 spiro atoms. The Labute approximate surface area is 120 Å². The fourth-order valence-corrected chi connectivity index (χ4v) is 2.11. The summed E-state index contributed by atoms with van der Waals surface area (Å²) in [4.78, 5) is 0. The van der Waals surface area contributed by atoms with E-state index < -0.39 is 0 Å². The van der Waals surface area contributed by atoms with Crippen molar-refractivity contribution in [2.75, 3.05) is 7.05 Å². The second kappa shape index (κ2) is 6.23. The molecule has 0 bridgehead atoms. The van der Waals surface area contributed by atoms with Crippen LogP contribution in [0.4, 0.5) is 0 Å². The predicted octanol–water partition coefficient (Wildman–Crippen LogP) is 4.61. The van der Waals surface area contributed by atoms with Gasteiger partial charge < -0.3 is 10.1 Å². The summed E-state index contributed by atoms with van der Waals surface area (Å²) in [6.45, 7) is 0.715. The lowest BCUT2D eigenvalue weighted by molar-refractivity contribution is 0.474. The molecule has 2 aromatic carbocycles. The molecule has 0 amide bonds. The maximum Gasteiger partial charge on any atom is 0.150 e. The Balaban J connectivity index is 2.30. The third kappa shape index (κ3) is 3.25. The second-order valence-corrected chi connectivity index (χ2v) is 5.14. The van der Waals surface area contributed by atoms with Crippen molar-refractivity contribution in [1.29, 1.82) is 0 Å². The molecule has 0 aliphatic rings. The molecule has 2 aromatic rings. The molecule has 18 heavy (non-hydrogen) atoms. The zero-order chi connectivity index (χ0) is 13.0. The molecule has 2 rings (SSSR count). The van der Waals surface area contributed by atoms with E-state index in [-0.39, 0.29) is 0 Å². The lowest BCUT2D eigenvalue weighted by atomic mass is 10.2. The van der Waals surface area contributed by atoms with Crippen molar-refractivity contribution in [3.8, 4) is 11.5 Å². The van der Waals surface area contributed by atoms with Crippen LogP contribution in [0.5, 0.6) is 11.5 Å². The van der Waals surface area contributed by atoms with E-state index in [4.69, 9.17) is 16.3 Å². The van der Waals surface area contributed by atoms with Gasteiger partial charge in [-0.25, -0.2) is 0 Å². The smallest absolute Gasteiger partial charge is 0.150 e. The van der Waals surface area contributed by atoms with Crippen LogP contribution >= 0.6 is 27.5 Å². The average molecular weight is 327 g/mol. The van der Waals surface area contributed by atoms with E-state index in [2.05, 4.69) is 21.2 Å². The first-order chi connectivity index (χ1) is 8.70. The van der Waals surface area contributed by atoms with E-state index in [0.717, 1.165) is 15.8 Å². The van der Waals surface area contributed by atoms with Crippen LogP contribution in [0.3, 0.4) is 0 Å². The Morgan fingerprint density at radius 3 is 2.56 bits per heavy atom. The zero-order valence-corrected chi connectivity index (χ0v) is 12.3. The van der Waals surface area contributed by atoms with Crippen molar-refractivity contribution in [2.24, 2.45) is 0 Å². The van der Waals surface area contributed by atoms with Gasteiger partial charge >= 0.3 is 0 Å². The maximum absolute atomic E-state index is 6.18. The summed E-state index contributed by atoms with van der Waals surface area (Å²) >= 11 is 9.58. The van der Waals surface area contributed by atoms with Gasteiger partial charge in [0.2, 0.25) is 0 Å². The normalized spacial score (nSPS) is 10.4. The van der Waals surface area contributed by atoms with Gasteiger partial charge in [0.1, 0.15) is 11.5 Å². The molecule has 94 valence electrons. The Morgan fingerprint density at radius 2 is 1.89 bits per heavy atom. The first-order valence-electron chi connectivity index (χ1n) is 5.56. The van der Waals surface area contributed by atoms with Crippen LogP contribution in [0.1, 0.15) is 5.56 Å². The maximum atomic E-state index is 6.18. The van der Waals surface area contributed by atoms with Crippen LogP contribution in [0.25, 0.3) is 0 Å². The van der Waals surface area contributed by atoms with E-state index in [1.807, 2.05) is 49.5 Å². The minimum atomic E-state index is 0.616. The zero-order valence-electron chi connectivity index (χ0n) is 9.91. The van der Waals surface area contributed by atoms with Crippen LogP contribution in [0, 0.1) is 0 Å². The van der Waals surface area contributed by atoms with E-state index in [0.29, 0.717) is 17.3 Å². The van der Waals surface area contributed by atoms with Gasteiger partial charge in [-0.3, -0.25) is 0 Å². The summed E-state index contributed by atoms with van der Waals surface area (Å²) in [7, 11) is 1.89. The molecule has 0 aliphatic carbocycles. The van der Waals surface area contributed by atoms with Crippen molar-refractivity contribution in [3.05, 3.63) is 57.5 Å². The number of para-hydroxylation sites is 1. The van der Waals surface area contributed by atoms with Gasteiger partial charge in [-0.05, 0) is 37.4 Å². The summed E-state index contributed by atoms with van der Waals surface area (Å²) in [5.41, 5.74) is 1.04. The molecule has 0 atom stereocenters. The van der Waals surface area contributed by atoms with Crippen LogP contribution in [0.15, 0.2) is 46.9 Å². The third-order valence-corrected chi connectivity index (χ3v) is 3.28. The Hall–Kier alpha value is -1.03. The summed E-state index contributed by atoms with van der Waals surface area (Å²) in [5.74, 6) is 1.47. The van der Waals surface area contributed by atoms with E-state index in [9.17, 15) is 0 Å². The fraction of sp³-hybridized carbons (Fsp3) is 0.143. The standard InChI is InChI=1S/C14H13BrClNO/c1-17-9-10-3-2-4-13(16)14(10)18-12-7-5-11(15)6-8-12/h2-8,17H,9H2,1H3. The third-order valence-electron chi connectivity index (χ3n) is 2.45. The summed E-state index contributed by atoms with van der Waals surface area (Å²) in [6.07, 6.45) is 0. The SMILES string of the molecule is CNCc1cccc(Cl)c1Oc1ccc(Br)cc1. The van der Waals surface area contributed by atoms with Crippen LogP contribution in [-0.4, -0.2) is 7.05 Å². The lowest BCUT2D eigenvalue weighted by Gasteiger charge is -2.12. The van der Waals surface area contributed by atoms with Crippen molar-refractivity contribution >= 4 is 27.5 Å². The van der Waals surface area contributed by atoms with Crippen molar-refractivity contribution in [3.63, 3.8) is 0 Å². The molecule has 0 saturated carbocycles. The minimum Gasteiger partial charge on any atom is -0.455 e. The monoisotopic (exact) mass is 325 g/mol. The number of nitrogens with one attached hydrogen (secondary N) is 1. The van der Waals surface area contributed by atoms with Gasteiger partial charge in [0.15, 0.2) is 0 Å². The largest absolute Gasteiger partial charge is 0.455 e. The molecule has 0 aliphatic heterocycles. The van der Waals surface area contributed by atoms with E-state index in [1.54, 1.807) is 0 Å². The molecule has 4 heteroatoms. The molecule has 1 N–H and O–H groups in total. The highest BCUT2D eigenvalue weighted by Gasteiger charge is 2.08. The second-order valence-electron chi connectivity index (χ2n) is 3.81. The number of halogens is 2. The number of rotatable bonds is 4. The highest BCUT2D eigenvalue weighted by atomic mass is 79.9. The summed E-state index contributed by atoms with van der Waals surface area (Å²) in [5, 5.41) is 3.72. The first-order valence-corrected chi connectivity index (χ1v) is 6.73. The summed E-state index contributed by atoms with van der Waals surface area (Å²) < 4.78 is 6.87. The van der Waals surface area contributed by atoms with Gasteiger partial charge in [-0.1, -0.05) is 39.7 Å². The molecule has 0 heterocycles.